The number of rotatable bonds is 5. The van der Waals surface area contributed by atoms with E-state index < -0.39 is 0 Å². The Kier molecular flexibility index (Phi) is 6.04. The van der Waals surface area contributed by atoms with Crippen molar-refractivity contribution in [2.24, 2.45) is 0 Å². The van der Waals surface area contributed by atoms with Crippen LogP contribution in [0.3, 0.4) is 0 Å². The summed E-state index contributed by atoms with van der Waals surface area (Å²) in [6.45, 7) is 3.25. The average molecular weight is 322 g/mol. The van der Waals surface area contributed by atoms with Crippen LogP contribution in [0.4, 0.5) is 4.79 Å². The quantitative estimate of drug-likeness (QED) is 0.854. The predicted octanol–water partition coefficient (Wildman–Crippen LogP) is 1.19. The SMILES string of the molecule is CC(=O)NC1CCCN(C(=O)NCC(c2ccco2)N(C)C)C1. The minimum Gasteiger partial charge on any atom is -0.468 e. The zero-order valence-corrected chi connectivity index (χ0v) is 14.0. The maximum Gasteiger partial charge on any atom is 0.317 e. The zero-order chi connectivity index (χ0) is 16.8. The molecule has 2 heterocycles. The van der Waals surface area contributed by atoms with E-state index in [1.54, 1.807) is 11.2 Å². The molecule has 3 amide bonds. The van der Waals surface area contributed by atoms with Gasteiger partial charge < -0.3 is 20.0 Å². The number of likely N-dealkylation sites (tertiary alicyclic amines) is 1. The van der Waals surface area contributed by atoms with Crippen molar-refractivity contribution in [1.29, 1.82) is 0 Å². The molecule has 1 aliphatic heterocycles. The predicted molar refractivity (Wildman–Crippen MR) is 86.9 cm³/mol. The van der Waals surface area contributed by atoms with Crippen molar-refractivity contribution >= 4 is 11.9 Å². The van der Waals surface area contributed by atoms with Crippen LogP contribution in [0.2, 0.25) is 0 Å². The Labute approximate surface area is 137 Å². The summed E-state index contributed by atoms with van der Waals surface area (Å²) in [6.07, 6.45) is 3.44. The summed E-state index contributed by atoms with van der Waals surface area (Å²) < 4.78 is 5.44. The lowest BCUT2D eigenvalue weighted by molar-refractivity contribution is -0.119. The van der Waals surface area contributed by atoms with Gasteiger partial charge in [-0.1, -0.05) is 0 Å². The minimum atomic E-state index is -0.0986. The molecule has 0 aromatic carbocycles. The van der Waals surface area contributed by atoms with E-state index in [0.29, 0.717) is 13.1 Å². The summed E-state index contributed by atoms with van der Waals surface area (Å²) in [4.78, 5) is 27.3. The Bertz CT molecular complexity index is 515. The minimum absolute atomic E-state index is 0.00937. The molecule has 2 N–H and O–H groups in total. The number of carbonyl (C=O) groups is 2. The Morgan fingerprint density at radius 1 is 1.48 bits per heavy atom. The summed E-state index contributed by atoms with van der Waals surface area (Å²) in [7, 11) is 3.90. The number of carbonyl (C=O) groups excluding carboxylic acids is 2. The number of piperidine rings is 1. The van der Waals surface area contributed by atoms with E-state index in [-0.39, 0.29) is 24.0 Å². The van der Waals surface area contributed by atoms with E-state index in [9.17, 15) is 9.59 Å². The molecule has 1 aliphatic rings. The second-order valence-corrected chi connectivity index (χ2v) is 6.17. The number of hydrogen-bond donors (Lipinski definition) is 2. The van der Waals surface area contributed by atoms with E-state index in [2.05, 4.69) is 10.6 Å². The fraction of sp³-hybridized carbons (Fsp3) is 0.625. The second kappa shape index (κ2) is 8.01. The van der Waals surface area contributed by atoms with Gasteiger partial charge in [-0.25, -0.2) is 4.79 Å². The number of likely N-dealkylation sites (N-methyl/N-ethyl adjacent to an activating group) is 1. The maximum absolute atomic E-state index is 12.4. The van der Waals surface area contributed by atoms with Gasteiger partial charge in [0.1, 0.15) is 5.76 Å². The first-order valence-electron chi connectivity index (χ1n) is 7.97. The van der Waals surface area contributed by atoms with Crippen LogP contribution in [0.5, 0.6) is 0 Å². The van der Waals surface area contributed by atoms with Gasteiger partial charge in [0, 0.05) is 32.6 Å². The molecule has 23 heavy (non-hydrogen) atoms. The molecule has 0 saturated carbocycles. The van der Waals surface area contributed by atoms with Crippen molar-refractivity contribution in [2.75, 3.05) is 33.7 Å². The normalized spacial score (nSPS) is 19.5. The first-order chi connectivity index (χ1) is 11.0. The van der Waals surface area contributed by atoms with Gasteiger partial charge in [-0.05, 0) is 39.1 Å². The lowest BCUT2D eigenvalue weighted by Gasteiger charge is -2.33. The molecule has 0 radical (unpaired) electrons. The lowest BCUT2D eigenvalue weighted by Crippen LogP contribution is -2.52. The zero-order valence-electron chi connectivity index (χ0n) is 14.0. The van der Waals surface area contributed by atoms with Gasteiger partial charge in [-0.2, -0.15) is 0 Å². The smallest absolute Gasteiger partial charge is 0.317 e. The second-order valence-electron chi connectivity index (χ2n) is 6.17. The number of hydrogen-bond acceptors (Lipinski definition) is 4. The highest BCUT2D eigenvalue weighted by molar-refractivity contribution is 5.75. The van der Waals surface area contributed by atoms with Crippen molar-refractivity contribution < 1.29 is 14.0 Å². The van der Waals surface area contributed by atoms with Crippen molar-refractivity contribution in [3.63, 3.8) is 0 Å². The molecule has 128 valence electrons. The van der Waals surface area contributed by atoms with E-state index in [1.165, 1.54) is 6.92 Å². The highest BCUT2D eigenvalue weighted by Gasteiger charge is 2.25. The first-order valence-corrected chi connectivity index (χ1v) is 7.97. The van der Waals surface area contributed by atoms with E-state index in [4.69, 9.17) is 4.42 Å². The standard InChI is InChI=1S/C16H26N4O3/c1-12(21)18-13-6-4-8-20(11-13)16(22)17-10-14(19(2)3)15-7-5-9-23-15/h5,7,9,13-14H,4,6,8,10-11H2,1-3H3,(H,17,22)(H,18,21). The summed E-state index contributed by atoms with van der Waals surface area (Å²) in [6, 6.07) is 3.69. The van der Waals surface area contributed by atoms with Crippen LogP contribution in [0, 0.1) is 0 Å². The van der Waals surface area contributed by atoms with E-state index in [0.717, 1.165) is 25.1 Å². The highest BCUT2D eigenvalue weighted by atomic mass is 16.3. The molecule has 2 unspecified atom stereocenters. The van der Waals surface area contributed by atoms with Crippen LogP contribution in [0.25, 0.3) is 0 Å². The Balaban J connectivity index is 1.87. The van der Waals surface area contributed by atoms with Crippen molar-refractivity contribution in [2.45, 2.75) is 31.8 Å². The number of urea groups is 1. The van der Waals surface area contributed by atoms with Crippen LogP contribution in [-0.4, -0.2) is 61.5 Å². The molecule has 1 fully saturated rings. The van der Waals surface area contributed by atoms with Crippen LogP contribution in [-0.2, 0) is 4.79 Å². The van der Waals surface area contributed by atoms with E-state index >= 15 is 0 Å². The Morgan fingerprint density at radius 3 is 2.87 bits per heavy atom. The average Bonchev–Trinajstić information content (AvgIpc) is 3.00. The molecule has 0 spiro atoms. The van der Waals surface area contributed by atoms with E-state index in [1.807, 2.05) is 31.1 Å². The highest BCUT2D eigenvalue weighted by Crippen LogP contribution is 2.18. The number of nitrogens with zero attached hydrogens (tertiary/aromatic N) is 2. The Morgan fingerprint density at radius 2 is 2.26 bits per heavy atom. The van der Waals surface area contributed by atoms with Gasteiger partial charge in [-0.15, -0.1) is 0 Å². The summed E-state index contributed by atoms with van der Waals surface area (Å²) in [5.41, 5.74) is 0. The molecular weight excluding hydrogens is 296 g/mol. The first kappa shape index (κ1) is 17.3. The summed E-state index contributed by atoms with van der Waals surface area (Å²) >= 11 is 0. The lowest BCUT2D eigenvalue weighted by atomic mass is 10.1. The van der Waals surface area contributed by atoms with Gasteiger partial charge in [-0.3, -0.25) is 9.69 Å². The summed E-state index contributed by atoms with van der Waals surface area (Å²) in [5, 5.41) is 5.86. The molecule has 7 heteroatoms. The maximum atomic E-state index is 12.4. The third-order valence-electron chi connectivity index (χ3n) is 4.06. The molecule has 1 aromatic heterocycles. The molecule has 0 bridgehead atoms. The van der Waals surface area contributed by atoms with Gasteiger partial charge in [0.05, 0.1) is 12.3 Å². The van der Waals surface area contributed by atoms with Crippen molar-refractivity contribution in [3.8, 4) is 0 Å². The third-order valence-corrected chi connectivity index (χ3v) is 4.06. The molecule has 0 aliphatic carbocycles. The van der Waals surface area contributed by atoms with Crippen LogP contribution >= 0.6 is 0 Å². The van der Waals surface area contributed by atoms with Crippen molar-refractivity contribution in [1.82, 2.24) is 20.4 Å². The van der Waals surface area contributed by atoms with Crippen LogP contribution in [0.1, 0.15) is 31.6 Å². The fourth-order valence-corrected chi connectivity index (χ4v) is 2.88. The van der Waals surface area contributed by atoms with Crippen molar-refractivity contribution in [3.05, 3.63) is 24.2 Å². The Hall–Kier alpha value is -2.02. The van der Waals surface area contributed by atoms with Gasteiger partial charge in [0.15, 0.2) is 0 Å². The molecule has 2 rings (SSSR count). The van der Waals surface area contributed by atoms with Crippen LogP contribution < -0.4 is 10.6 Å². The fourth-order valence-electron chi connectivity index (χ4n) is 2.88. The molecule has 7 nitrogen and oxygen atoms in total. The number of amides is 3. The molecular formula is C16H26N4O3. The summed E-state index contributed by atoms with van der Waals surface area (Å²) in [5.74, 6) is 0.771. The largest absolute Gasteiger partial charge is 0.468 e. The third kappa shape index (κ3) is 4.99. The topological polar surface area (TPSA) is 77.8 Å². The number of nitrogens with one attached hydrogen (secondary N) is 2. The molecule has 1 aromatic rings. The van der Waals surface area contributed by atoms with Crippen LogP contribution in [0.15, 0.2) is 22.8 Å². The molecule has 1 saturated heterocycles. The van der Waals surface area contributed by atoms with Gasteiger partial charge in [0.2, 0.25) is 5.91 Å². The number of furan rings is 1. The monoisotopic (exact) mass is 322 g/mol. The van der Waals surface area contributed by atoms with Gasteiger partial charge >= 0.3 is 6.03 Å². The van der Waals surface area contributed by atoms with Gasteiger partial charge in [0.25, 0.3) is 0 Å². The molecule has 2 atom stereocenters.